The van der Waals surface area contributed by atoms with Crippen LogP contribution in [0.2, 0.25) is 0 Å². The van der Waals surface area contributed by atoms with E-state index in [9.17, 15) is 4.79 Å². The van der Waals surface area contributed by atoms with E-state index in [0.717, 1.165) is 42.8 Å². The number of allylic oxidation sites excluding steroid dienone is 2. The second kappa shape index (κ2) is 9.58. The number of ether oxygens (including phenoxy) is 2. The summed E-state index contributed by atoms with van der Waals surface area (Å²) >= 11 is 1.91. The minimum absolute atomic E-state index is 0.128. The van der Waals surface area contributed by atoms with Gasteiger partial charge in [0.2, 0.25) is 0 Å². The van der Waals surface area contributed by atoms with Crippen LogP contribution in [0.15, 0.2) is 44.6 Å². The summed E-state index contributed by atoms with van der Waals surface area (Å²) in [4.78, 5) is 12.7. The molecule has 0 aliphatic heterocycles. The molecule has 1 atom stereocenters. The number of nitrogens with zero attached hydrogens (tertiary/aromatic N) is 1. The molecule has 3 rings (SSSR count). The van der Waals surface area contributed by atoms with Crippen molar-refractivity contribution in [3.05, 3.63) is 58.1 Å². The zero-order valence-corrected chi connectivity index (χ0v) is 18.8. The predicted molar refractivity (Wildman–Crippen MR) is 120 cm³/mol. The molecule has 5 nitrogen and oxygen atoms in total. The van der Waals surface area contributed by atoms with Gasteiger partial charge in [0.25, 0.3) is 5.91 Å². The van der Waals surface area contributed by atoms with E-state index in [2.05, 4.69) is 27.6 Å². The standard InChI is InChI=1S/C22H27IN2O3/c1-14-11-19(27-2)20(28-3)13-16(14)9-10-24-22(26)21(25-23)18-8-7-15-5-4-6-17(15)12-18/h7-8,12-14H,4-6,9-11H2,1-3H3,(H,24,26). The number of hydrogen-bond donors (Lipinski definition) is 1. The molecular formula is C22H27IN2O3. The van der Waals surface area contributed by atoms with Crippen LogP contribution in [0.4, 0.5) is 0 Å². The Morgan fingerprint density at radius 1 is 1.25 bits per heavy atom. The van der Waals surface area contributed by atoms with E-state index < -0.39 is 0 Å². The summed E-state index contributed by atoms with van der Waals surface area (Å²) < 4.78 is 15.1. The molecule has 1 unspecified atom stereocenters. The quantitative estimate of drug-likeness (QED) is 0.455. The summed E-state index contributed by atoms with van der Waals surface area (Å²) in [7, 11) is 3.32. The van der Waals surface area contributed by atoms with Crippen LogP contribution in [0.1, 0.15) is 42.9 Å². The smallest absolute Gasteiger partial charge is 0.271 e. The second-order valence-corrected chi connectivity index (χ2v) is 7.78. The molecule has 2 aliphatic carbocycles. The lowest BCUT2D eigenvalue weighted by molar-refractivity contribution is -0.114. The van der Waals surface area contributed by atoms with Crippen molar-refractivity contribution in [1.29, 1.82) is 0 Å². The Bertz CT molecular complexity index is 842. The zero-order chi connectivity index (χ0) is 20.1. The van der Waals surface area contributed by atoms with Gasteiger partial charge < -0.3 is 14.8 Å². The van der Waals surface area contributed by atoms with Gasteiger partial charge >= 0.3 is 0 Å². The number of aryl methyl sites for hydroxylation is 2. The van der Waals surface area contributed by atoms with Crippen molar-refractivity contribution in [2.24, 2.45) is 9.12 Å². The number of carbonyl (C=O) groups excluding carboxylic acids is 1. The van der Waals surface area contributed by atoms with Crippen molar-refractivity contribution in [3.8, 4) is 0 Å². The number of fused-ring (bicyclic) bond motifs is 1. The number of halogens is 1. The van der Waals surface area contributed by atoms with Crippen LogP contribution in [0.25, 0.3) is 0 Å². The van der Waals surface area contributed by atoms with Gasteiger partial charge in [-0.3, -0.25) is 4.79 Å². The molecule has 0 spiro atoms. The van der Waals surface area contributed by atoms with E-state index in [0.29, 0.717) is 18.2 Å². The van der Waals surface area contributed by atoms with Crippen molar-refractivity contribution >= 4 is 34.5 Å². The molecule has 150 valence electrons. The molecule has 0 saturated heterocycles. The lowest BCUT2D eigenvalue weighted by Gasteiger charge is -2.24. The first-order chi connectivity index (χ1) is 13.6. The summed E-state index contributed by atoms with van der Waals surface area (Å²) in [6.07, 6.45) is 7.04. The average Bonchev–Trinajstić information content (AvgIpc) is 3.17. The third-order valence-electron chi connectivity index (χ3n) is 5.55. The topological polar surface area (TPSA) is 59.9 Å². The molecule has 0 radical (unpaired) electrons. The van der Waals surface area contributed by atoms with E-state index >= 15 is 0 Å². The number of nitrogens with one attached hydrogen (secondary N) is 1. The van der Waals surface area contributed by atoms with Crippen LogP contribution in [-0.4, -0.2) is 32.4 Å². The highest BCUT2D eigenvalue weighted by molar-refractivity contribution is 14.1. The zero-order valence-electron chi connectivity index (χ0n) is 16.7. The third-order valence-corrected chi connectivity index (χ3v) is 6.04. The molecule has 6 heteroatoms. The van der Waals surface area contributed by atoms with Gasteiger partial charge in [0.05, 0.1) is 37.1 Å². The summed E-state index contributed by atoms with van der Waals surface area (Å²) in [5, 5.41) is 3.02. The monoisotopic (exact) mass is 494 g/mol. The summed E-state index contributed by atoms with van der Waals surface area (Å²) in [5.74, 6) is 1.88. The number of amides is 1. The van der Waals surface area contributed by atoms with Crippen LogP contribution in [0.3, 0.4) is 0 Å². The Morgan fingerprint density at radius 2 is 2.04 bits per heavy atom. The van der Waals surface area contributed by atoms with Gasteiger partial charge in [-0.15, -0.1) is 0 Å². The molecule has 1 N–H and O–H groups in total. The predicted octanol–water partition coefficient (Wildman–Crippen LogP) is 4.29. The minimum Gasteiger partial charge on any atom is -0.497 e. The highest BCUT2D eigenvalue weighted by Crippen LogP contribution is 2.31. The SMILES string of the molecule is COC1=C(OC)CC(C)C(CCNC(=O)C(=NI)c2ccc3c(c2)CCC3)=C1. The van der Waals surface area contributed by atoms with E-state index in [-0.39, 0.29) is 5.91 Å². The van der Waals surface area contributed by atoms with Gasteiger partial charge in [0.15, 0.2) is 5.76 Å². The second-order valence-electron chi connectivity index (χ2n) is 7.30. The van der Waals surface area contributed by atoms with E-state index in [4.69, 9.17) is 9.47 Å². The van der Waals surface area contributed by atoms with Crippen LogP contribution >= 0.6 is 22.9 Å². The first kappa shape index (κ1) is 20.9. The lowest BCUT2D eigenvalue weighted by atomic mass is 9.89. The number of hydrogen-bond acceptors (Lipinski definition) is 4. The molecule has 28 heavy (non-hydrogen) atoms. The first-order valence-electron chi connectivity index (χ1n) is 9.68. The summed E-state index contributed by atoms with van der Waals surface area (Å²) in [6, 6.07) is 6.26. The fourth-order valence-corrected chi connectivity index (χ4v) is 4.42. The Kier molecular flexibility index (Phi) is 7.15. The van der Waals surface area contributed by atoms with Crippen molar-refractivity contribution < 1.29 is 14.3 Å². The van der Waals surface area contributed by atoms with Gasteiger partial charge in [0, 0.05) is 18.5 Å². The highest BCUT2D eigenvalue weighted by Gasteiger charge is 2.22. The van der Waals surface area contributed by atoms with Gasteiger partial charge in [0.1, 0.15) is 11.5 Å². The minimum atomic E-state index is -0.128. The number of benzene rings is 1. The molecule has 0 heterocycles. The van der Waals surface area contributed by atoms with Crippen molar-refractivity contribution in [3.63, 3.8) is 0 Å². The fraction of sp³-hybridized carbons (Fsp3) is 0.455. The molecule has 1 amide bonds. The van der Waals surface area contributed by atoms with Crippen molar-refractivity contribution in [1.82, 2.24) is 5.32 Å². The number of methoxy groups -OCH3 is 2. The normalized spacial score (nSPS) is 19.2. The Labute approximate surface area is 180 Å². The van der Waals surface area contributed by atoms with Crippen LogP contribution in [-0.2, 0) is 27.1 Å². The average molecular weight is 494 g/mol. The molecule has 0 saturated carbocycles. The molecule has 0 aromatic heterocycles. The summed E-state index contributed by atoms with van der Waals surface area (Å²) in [5.41, 5.74) is 5.38. The van der Waals surface area contributed by atoms with Crippen molar-refractivity contribution in [2.45, 2.75) is 39.0 Å². The van der Waals surface area contributed by atoms with Gasteiger partial charge in [-0.05, 0) is 54.9 Å². The van der Waals surface area contributed by atoms with E-state index in [1.165, 1.54) is 23.1 Å². The fourth-order valence-electron chi connectivity index (χ4n) is 3.92. The van der Waals surface area contributed by atoms with Gasteiger partial charge in [-0.1, -0.05) is 24.6 Å². The molecule has 0 bridgehead atoms. The highest BCUT2D eigenvalue weighted by atomic mass is 127. The molecule has 1 aromatic carbocycles. The van der Waals surface area contributed by atoms with E-state index in [1.807, 2.05) is 35.0 Å². The molecule has 1 aromatic rings. The van der Waals surface area contributed by atoms with Gasteiger partial charge in [-0.2, -0.15) is 0 Å². The van der Waals surface area contributed by atoms with Crippen LogP contribution in [0.5, 0.6) is 0 Å². The maximum Gasteiger partial charge on any atom is 0.271 e. The van der Waals surface area contributed by atoms with Crippen LogP contribution < -0.4 is 5.32 Å². The number of rotatable bonds is 7. The maximum absolute atomic E-state index is 12.7. The maximum atomic E-state index is 12.7. The van der Waals surface area contributed by atoms with Crippen molar-refractivity contribution in [2.75, 3.05) is 20.8 Å². The molecular weight excluding hydrogens is 467 g/mol. The Morgan fingerprint density at radius 3 is 2.75 bits per heavy atom. The Hall–Kier alpha value is -1.83. The number of carbonyl (C=O) groups is 1. The molecule has 2 aliphatic rings. The summed E-state index contributed by atoms with van der Waals surface area (Å²) in [6.45, 7) is 2.73. The largest absolute Gasteiger partial charge is 0.497 e. The van der Waals surface area contributed by atoms with Gasteiger partial charge in [-0.25, -0.2) is 3.21 Å². The lowest BCUT2D eigenvalue weighted by Crippen LogP contribution is -2.32. The molecule has 0 fully saturated rings. The Balaban J connectivity index is 1.62. The van der Waals surface area contributed by atoms with Crippen LogP contribution in [0, 0.1) is 5.92 Å². The third kappa shape index (κ3) is 4.59. The first-order valence-corrected chi connectivity index (χ1v) is 10.6. The van der Waals surface area contributed by atoms with E-state index in [1.54, 1.807) is 14.2 Å².